The molecule has 3 amide bonds. The van der Waals surface area contributed by atoms with Gasteiger partial charge >= 0.3 is 0 Å². The zero-order chi connectivity index (χ0) is 25.1. The van der Waals surface area contributed by atoms with Crippen molar-refractivity contribution >= 4 is 35.0 Å². The summed E-state index contributed by atoms with van der Waals surface area (Å²) in [6.07, 6.45) is 8.39. The smallest absolute Gasteiger partial charge is 0.246 e. The lowest BCUT2D eigenvalue weighted by molar-refractivity contribution is -0.146. The van der Waals surface area contributed by atoms with Crippen molar-refractivity contribution in [2.24, 2.45) is 11.8 Å². The molecule has 1 aliphatic carbocycles. The van der Waals surface area contributed by atoms with Crippen LogP contribution in [0.15, 0.2) is 30.4 Å². The SMILES string of the molecule is Cc1ccc(NC(=O)[C@H]2[C@@H]3C=C[C@]4(O3)C(C(=O)NC3CCCCC3)N(C(C)(C)C)C(=O)[C@@H]24)cc1Cl. The molecule has 1 aromatic carbocycles. The van der Waals surface area contributed by atoms with Gasteiger partial charge in [0, 0.05) is 22.3 Å². The van der Waals surface area contributed by atoms with Gasteiger partial charge in [0.25, 0.3) is 0 Å². The van der Waals surface area contributed by atoms with Gasteiger partial charge in [0.05, 0.1) is 17.9 Å². The van der Waals surface area contributed by atoms with Crippen molar-refractivity contribution in [3.05, 3.63) is 40.9 Å². The topological polar surface area (TPSA) is 87.7 Å². The molecule has 4 aliphatic rings. The highest BCUT2D eigenvalue weighted by Gasteiger charge is 2.73. The fraction of sp³-hybridized carbons (Fsp3) is 0.593. The number of likely N-dealkylation sites (tertiary alicyclic amines) is 1. The lowest BCUT2D eigenvalue weighted by atomic mass is 9.74. The molecular formula is C27H34ClN3O4. The largest absolute Gasteiger partial charge is 0.359 e. The number of hydrogen-bond acceptors (Lipinski definition) is 4. The average molecular weight is 500 g/mol. The van der Waals surface area contributed by atoms with Gasteiger partial charge in [-0.15, -0.1) is 0 Å². The summed E-state index contributed by atoms with van der Waals surface area (Å²) in [5.74, 6) is -2.21. The summed E-state index contributed by atoms with van der Waals surface area (Å²) in [6.45, 7) is 7.65. The van der Waals surface area contributed by atoms with Crippen LogP contribution in [0.3, 0.4) is 0 Å². The average Bonchev–Trinajstić information content (AvgIpc) is 3.44. The first-order valence-electron chi connectivity index (χ1n) is 12.6. The molecule has 1 unspecified atom stereocenters. The van der Waals surface area contributed by atoms with E-state index in [0.29, 0.717) is 10.7 Å². The second kappa shape index (κ2) is 8.63. The second-order valence-electron chi connectivity index (χ2n) is 11.4. The molecule has 7 nitrogen and oxygen atoms in total. The molecule has 3 fully saturated rings. The number of nitrogens with zero attached hydrogens (tertiary/aromatic N) is 1. The van der Waals surface area contributed by atoms with Crippen LogP contribution >= 0.6 is 11.6 Å². The van der Waals surface area contributed by atoms with Crippen molar-refractivity contribution in [3.8, 4) is 0 Å². The summed E-state index contributed by atoms with van der Waals surface area (Å²) >= 11 is 6.24. The van der Waals surface area contributed by atoms with Gasteiger partial charge in [0.15, 0.2) is 0 Å². The number of carbonyl (C=O) groups is 3. The summed E-state index contributed by atoms with van der Waals surface area (Å²) in [5, 5.41) is 6.68. The third-order valence-electron chi connectivity index (χ3n) is 7.94. The fourth-order valence-corrected chi connectivity index (χ4v) is 6.50. The van der Waals surface area contributed by atoms with Crippen molar-refractivity contribution in [1.29, 1.82) is 0 Å². The Morgan fingerprint density at radius 2 is 1.86 bits per heavy atom. The lowest BCUT2D eigenvalue weighted by Gasteiger charge is -2.40. The molecule has 2 bridgehead atoms. The molecule has 1 aromatic rings. The number of benzene rings is 1. The van der Waals surface area contributed by atoms with E-state index in [1.54, 1.807) is 17.0 Å². The number of fused-ring (bicyclic) bond motifs is 1. The van der Waals surface area contributed by atoms with E-state index in [1.807, 2.05) is 45.9 Å². The molecule has 8 heteroatoms. The minimum absolute atomic E-state index is 0.108. The Bertz CT molecular complexity index is 1090. The van der Waals surface area contributed by atoms with Gasteiger partial charge in [-0.25, -0.2) is 0 Å². The molecule has 0 aromatic heterocycles. The number of anilines is 1. The van der Waals surface area contributed by atoms with Crippen molar-refractivity contribution in [1.82, 2.24) is 10.2 Å². The van der Waals surface area contributed by atoms with Crippen molar-refractivity contribution in [2.75, 3.05) is 5.32 Å². The third kappa shape index (κ3) is 3.97. The van der Waals surface area contributed by atoms with Gasteiger partial charge < -0.3 is 20.3 Å². The van der Waals surface area contributed by atoms with E-state index in [-0.39, 0.29) is 23.8 Å². The quantitative estimate of drug-likeness (QED) is 0.613. The number of aryl methyl sites for hydroxylation is 1. The Kier molecular flexibility index (Phi) is 5.99. The van der Waals surface area contributed by atoms with E-state index in [1.165, 1.54) is 6.42 Å². The fourth-order valence-electron chi connectivity index (χ4n) is 6.31. The number of hydrogen-bond donors (Lipinski definition) is 2. The maximum Gasteiger partial charge on any atom is 0.246 e. The van der Waals surface area contributed by atoms with Crippen LogP contribution in [0.5, 0.6) is 0 Å². The third-order valence-corrected chi connectivity index (χ3v) is 8.35. The predicted octanol–water partition coefficient (Wildman–Crippen LogP) is 3.98. The van der Waals surface area contributed by atoms with Crippen LogP contribution < -0.4 is 10.6 Å². The summed E-state index contributed by atoms with van der Waals surface area (Å²) in [5.41, 5.74) is -0.295. The van der Waals surface area contributed by atoms with Gasteiger partial charge in [0.1, 0.15) is 11.6 Å². The first-order valence-corrected chi connectivity index (χ1v) is 13.0. The van der Waals surface area contributed by atoms with E-state index < -0.39 is 35.1 Å². The molecule has 0 radical (unpaired) electrons. The highest BCUT2D eigenvalue weighted by Crippen LogP contribution is 2.56. The zero-order valence-corrected chi connectivity index (χ0v) is 21.5. The van der Waals surface area contributed by atoms with Gasteiger partial charge in [-0.2, -0.15) is 0 Å². The molecule has 35 heavy (non-hydrogen) atoms. The Morgan fingerprint density at radius 3 is 2.51 bits per heavy atom. The first kappa shape index (κ1) is 24.3. The summed E-state index contributed by atoms with van der Waals surface area (Å²) < 4.78 is 6.40. The molecule has 2 saturated heterocycles. The molecule has 1 saturated carbocycles. The van der Waals surface area contributed by atoms with Gasteiger partial charge in [0.2, 0.25) is 17.7 Å². The van der Waals surface area contributed by atoms with E-state index in [2.05, 4.69) is 10.6 Å². The number of amides is 3. The van der Waals surface area contributed by atoms with Crippen molar-refractivity contribution in [2.45, 2.75) is 89.1 Å². The number of rotatable bonds is 4. The van der Waals surface area contributed by atoms with Crippen molar-refractivity contribution < 1.29 is 19.1 Å². The lowest BCUT2D eigenvalue weighted by Crippen LogP contribution is -2.60. The number of halogens is 1. The van der Waals surface area contributed by atoms with Crippen LogP contribution in [0.1, 0.15) is 58.4 Å². The molecule has 188 valence electrons. The highest BCUT2D eigenvalue weighted by molar-refractivity contribution is 6.31. The van der Waals surface area contributed by atoms with Gasteiger partial charge in [-0.1, -0.05) is 49.1 Å². The summed E-state index contributed by atoms with van der Waals surface area (Å²) in [6, 6.07) is 4.61. The molecule has 5 rings (SSSR count). The highest BCUT2D eigenvalue weighted by atomic mass is 35.5. The first-order chi connectivity index (χ1) is 16.5. The summed E-state index contributed by atoms with van der Waals surface area (Å²) in [7, 11) is 0. The van der Waals surface area contributed by atoms with Crippen LogP contribution in [0.4, 0.5) is 5.69 Å². The Balaban J connectivity index is 1.46. The monoisotopic (exact) mass is 499 g/mol. The minimum Gasteiger partial charge on any atom is -0.359 e. The van der Waals surface area contributed by atoms with E-state index in [0.717, 1.165) is 31.2 Å². The Hall–Kier alpha value is -2.38. The molecule has 1 spiro atoms. The van der Waals surface area contributed by atoms with Crippen LogP contribution in [0.25, 0.3) is 0 Å². The van der Waals surface area contributed by atoms with Crippen LogP contribution in [-0.2, 0) is 19.1 Å². The van der Waals surface area contributed by atoms with Crippen LogP contribution in [0, 0.1) is 18.8 Å². The predicted molar refractivity (Wildman–Crippen MR) is 134 cm³/mol. The van der Waals surface area contributed by atoms with E-state index in [4.69, 9.17) is 16.3 Å². The summed E-state index contributed by atoms with van der Waals surface area (Å²) in [4.78, 5) is 42.8. The zero-order valence-electron chi connectivity index (χ0n) is 20.8. The number of ether oxygens (including phenoxy) is 1. The Labute approximate surface area is 211 Å². The molecule has 3 heterocycles. The maximum atomic E-state index is 13.9. The normalized spacial score (nSPS) is 32.1. The van der Waals surface area contributed by atoms with Gasteiger partial charge in [-0.3, -0.25) is 14.4 Å². The van der Waals surface area contributed by atoms with E-state index in [9.17, 15) is 14.4 Å². The number of nitrogens with one attached hydrogen (secondary N) is 2. The van der Waals surface area contributed by atoms with Crippen LogP contribution in [-0.4, -0.2) is 51.9 Å². The maximum absolute atomic E-state index is 13.9. The molecule has 2 N–H and O–H groups in total. The number of carbonyl (C=O) groups excluding carboxylic acids is 3. The molecular weight excluding hydrogens is 466 g/mol. The standard InChI is InChI=1S/C27H34ClN3O4/c1-15-10-11-17(14-18(15)28)30-23(32)20-19-12-13-27(35-19)21(20)25(34)31(26(2,3)4)22(27)24(33)29-16-8-6-5-7-9-16/h10-14,16,19-22H,5-9H2,1-4H3,(H,29,33)(H,30,32)/t19-,20-,21+,22?,27+/m0/s1. The van der Waals surface area contributed by atoms with Crippen LogP contribution in [0.2, 0.25) is 5.02 Å². The van der Waals surface area contributed by atoms with Crippen molar-refractivity contribution in [3.63, 3.8) is 0 Å². The van der Waals surface area contributed by atoms with E-state index >= 15 is 0 Å². The van der Waals surface area contributed by atoms with Gasteiger partial charge in [-0.05, 0) is 58.2 Å². The minimum atomic E-state index is -1.15. The molecule has 5 atom stereocenters. The second-order valence-corrected chi connectivity index (χ2v) is 11.8. The molecule has 3 aliphatic heterocycles. The Morgan fingerprint density at radius 1 is 1.14 bits per heavy atom.